The molecular weight excluding hydrogens is 635 g/mol. The van der Waals surface area contributed by atoms with Crippen LogP contribution in [0.3, 0.4) is 0 Å². The number of nitrogens with zero attached hydrogens (tertiary/aromatic N) is 1. The number of thioether (sulfide) groups is 1. The molecule has 2 atom stereocenters. The molecule has 0 amide bonds. The van der Waals surface area contributed by atoms with Crippen molar-refractivity contribution in [1.82, 2.24) is 9.88 Å². The molecule has 2 heterocycles. The van der Waals surface area contributed by atoms with Gasteiger partial charge in [0.2, 0.25) is 0 Å². The van der Waals surface area contributed by atoms with E-state index in [2.05, 4.69) is 5.32 Å². The van der Waals surface area contributed by atoms with Gasteiger partial charge in [0, 0.05) is 29.7 Å². The second-order valence-corrected chi connectivity index (χ2v) is 12.7. The minimum Gasteiger partial charge on any atom is -0.488 e. The van der Waals surface area contributed by atoms with Crippen LogP contribution in [0.5, 0.6) is 5.75 Å². The molecule has 1 aromatic heterocycles. The summed E-state index contributed by atoms with van der Waals surface area (Å²) in [5, 5.41) is 3.88. The first-order chi connectivity index (χ1) is 22.4. The summed E-state index contributed by atoms with van der Waals surface area (Å²) in [6.07, 6.45) is -3.93. The highest BCUT2D eigenvalue weighted by atomic mass is 32.2. The predicted molar refractivity (Wildman–Crippen MR) is 173 cm³/mol. The fourth-order valence-electron chi connectivity index (χ4n) is 6.11. The van der Waals surface area contributed by atoms with Crippen molar-refractivity contribution < 1.29 is 31.5 Å². The Morgan fingerprint density at radius 2 is 1.74 bits per heavy atom. The molecule has 11 heteroatoms. The SMILES string of the molecule is Cc1c(Cc2c(F)cccc2C(F)(F)F)c2n(c(=O)c1-c1cccc(OC(C)C)c1F)C(C(NCCCC=O)c1ccccc1)CS2. The fourth-order valence-corrected chi connectivity index (χ4v) is 7.53. The van der Waals surface area contributed by atoms with Gasteiger partial charge in [-0.05, 0) is 68.6 Å². The highest BCUT2D eigenvalue weighted by Gasteiger charge is 2.38. The van der Waals surface area contributed by atoms with E-state index in [1.54, 1.807) is 26.8 Å². The molecule has 2 unspecified atom stereocenters. The summed E-state index contributed by atoms with van der Waals surface area (Å²) < 4.78 is 80.9. The number of rotatable bonds is 12. The molecule has 0 fully saturated rings. The van der Waals surface area contributed by atoms with E-state index in [0.29, 0.717) is 35.7 Å². The van der Waals surface area contributed by atoms with Gasteiger partial charge in [0.05, 0.1) is 34.3 Å². The van der Waals surface area contributed by atoms with Crippen molar-refractivity contribution in [3.8, 4) is 16.9 Å². The second-order valence-electron chi connectivity index (χ2n) is 11.7. The van der Waals surface area contributed by atoms with E-state index in [4.69, 9.17) is 4.74 Å². The molecule has 0 saturated heterocycles. The van der Waals surface area contributed by atoms with Gasteiger partial charge in [0.1, 0.15) is 12.1 Å². The molecule has 0 bridgehead atoms. The second kappa shape index (κ2) is 14.4. The number of halogens is 5. The Kier molecular flexibility index (Phi) is 10.6. The zero-order valence-electron chi connectivity index (χ0n) is 26.2. The van der Waals surface area contributed by atoms with Crippen molar-refractivity contribution >= 4 is 18.0 Å². The molecule has 0 spiro atoms. The van der Waals surface area contributed by atoms with Crippen molar-refractivity contribution in [2.75, 3.05) is 12.3 Å². The van der Waals surface area contributed by atoms with Gasteiger partial charge in [0.15, 0.2) is 11.6 Å². The topological polar surface area (TPSA) is 60.3 Å². The summed E-state index contributed by atoms with van der Waals surface area (Å²) in [5.41, 5.74) is -0.828. The van der Waals surface area contributed by atoms with E-state index < -0.39 is 53.0 Å². The predicted octanol–water partition coefficient (Wildman–Crippen LogP) is 8.46. The van der Waals surface area contributed by atoms with Gasteiger partial charge in [-0.1, -0.05) is 48.5 Å². The number of benzene rings is 3. The lowest BCUT2D eigenvalue weighted by Crippen LogP contribution is -2.36. The molecule has 248 valence electrons. The molecular formula is C36H35F5N2O3S. The standard InChI is InChI=1S/C36H35F5N2O3S/c1-21(2)46-30-16-9-13-24(32(30)38)31-22(3)25(19-26-27(36(39,40)41)14-10-15-28(26)37)35-43(34(31)45)29(20-47-35)33(42-17-7-8-18-44)23-11-5-4-6-12-23/h4-6,9-16,18,21,29,33,42H,7-8,17,19-20H2,1-3H3. The molecule has 0 aliphatic carbocycles. The monoisotopic (exact) mass is 670 g/mol. The number of carbonyl (C=O) groups excluding carboxylic acids is 1. The van der Waals surface area contributed by atoms with Gasteiger partial charge in [-0.25, -0.2) is 8.78 Å². The first-order valence-electron chi connectivity index (χ1n) is 15.4. The molecule has 47 heavy (non-hydrogen) atoms. The molecule has 3 aromatic carbocycles. The quantitative estimate of drug-likeness (QED) is 0.0932. The minimum atomic E-state index is -4.82. The summed E-state index contributed by atoms with van der Waals surface area (Å²) in [6.45, 7) is 5.50. The van der Waals surface area contributed by atoms with Crippen LogP contribution in [0.25, 0.3) is 11.1 Å². The van der Waals surface area contributed by atoms with E-state index in [-0.39, 0.29) is 28.5 Å². The van der Waals surface area contributed by atoms with Crippen LogP contribution in [0, 0.1) is 18.6 Å². The maximum absolute atomic E-state index is 16.1. The van der Waals surface area contributed by atoms with E-state index in [9.17, 15) is 22.8 Å². The Morgan fingerprint density at radius 1 is 1.02 bits per heavy atom. The maximum atomic E-state index is 16.1. The number of pyridine rings is 1. The van der Waals surface area contributed by atoms with Crippen LogP contribution in [-0.2, 0) is 17.4 Å². The Bertz CT molecular complexity index is 1810. The number of hydrogen-bond donors (Lipinski definition) is 1. The number of nitrogens with one attached hydrogen (secondary N) is 1. The van der Waals surface area contributed by atoms with Crippen LogP contribution in [0.4, 0.5) is 22.0 Å². The van der Waals surface area contributed by atoms with Crippen molar-refractivity contribution in [1.29, 1.82) is 0 Å². The molecule has 5 nitrogen and oxygen atoms in total. The molecule has 4 aromatic rings. The lowest BCUT2D eigenvalue weighted by molar-refractivity contribution is -0.138. The summed E-state index contributed by atoms with van der Waals surface area (Å²) in [7, 11) is 0. The normalized spacial score (nSPS) is 15.1. The molecule has 0 saturated carbocycles. The van der Waals surface area contributed by atoms with Gasteiger partial charge >= 0.3 is 6.18 Å². The van der Waals surface area contributed by atoms with Crippen LogP contribution < -0.4 is 15.6 Å². The van der Waals surface area contributed by atoms with Crippen LogP contribution >= 0.6 is 11.8 Å². The average Bonchev–Trinajstić information content (AvgIpc) is 3.46. The number of carbonyl (C=O) groups is 1. The Balaban J connectivity index is 1.76. The van der Waals surface area contributed by atoms with Gasteiger partial charge in [-0.2, -0.15) is 13.2 Å². The van der Waals surface area contributed by atoms with E-state index in [1.165, 1.54) is 28.5 Å². The average molecular weight is 671 g/mol. The third kappa shape index (κ3) is 7.16. The first kappa shape index (κ1) is 34.4. The van der Waals surface area contributed by atoms with Crippen molar-refractivity contribution in [2.24, 2.45) is 0 Å². The van der Waals surface area contributed by atoms with Crippen molar-refractivity contribution in [3.05, 3.63) is 117 Å². The summed E-state index contributed by atoms with van der Waals surface area (Å²) in [6, 6.07) is 15.7. The van der Waals surface area contributed by atoms with Gasteiger partial charge in [0.25, 0.3) is 5.56 Å². The maximum Gasteiger partial charge on any atom is 0.416 e. The largest absolute Gasteiger partial charge is 0.488 e. The van der Waals surface area contributed by atoms with Crippen LogP contribution in [0.15, 0.2) is 76.6 Å². The number of aldehydes is 1. The Morgan fingerprint density at radius 3 is 2.43 bits per heavy atom. The van der Waals surface area contributed by atoms with E-state index >= 15 is 8.78 Å². The van der Waals surface area contributed by atoms with Crippen molar-refractivity contribution in [2.45, 2.75) is 69.4 Å². The number of alkyl halides is 3. The van der Waals surface area contributed by atoms with E-state index in [1.807, 2.05) is 30.3 Å². The zero-order valence-corrected chi connectivity index (χ0v) is 27.0. The number of aromatic nitrogens is 1. The third-order valence-electron chi connectivity index (χ3n) is 8.24. The number of unbranched alkanes of at least 4 members (excludes halogenated alkanes) is 1. The number of ether oxygens (including phenoxy) is 1. The summed E-state index contributed by atoms with van der Waals surface area (Å²) >= 11 is 1.30. The van der Waals surface area contributed by atoms with Gasteiger partial charge in [-0.15, -0.1) is 11.8 Å². The summed E-state index contributed by atoms with van der Waals surface area (Å²) in [4.78, 5) is 25.6. The lowest BCUT2D eigenvalue weighted by atomic mass is 9.91. The van der Waals surface area contributed by atoms with Gasteiger partial charge in [-0.3, -0.25) is 9.36 Å². The lowest BCUT2D eigenvalue weighted by Gasteiger charge is -2.28. The number of hydrogen-bond acceptors (Lipinski definition) is 5. The Hall–Kier alpha value is -3.96. The highest BCUT2D eigenvalue weighted by molar-refractivity contribution is 7.99. The zero-order chi connectivity index (χ0) is 33.9. The molecule has 5 rings (SSSR count). The highest BCUT2D eigenvalue weighted by Crippen LogP contribution is 2.45. The van der Waals surface area contributed by atoms with Crippen LogP contribution in [-0.4, -0.2) is 29.3 Å². The van der Waals surface area contributed by atoms with Crippen LogP contribution in [0.1, 0.15) is 66.6 Å². The van der Waals surface area contributed by atoms with Crippen LogP contribution in [0.2, 0.25) is 0 Å². The fraction of sp³-hybridized carbons (Fsp3) is 0.333. The smallest absolute Gasteiger partial charge is 0.416 e. The molecule has 0 radical (unpaired) electrons. The molecule has 1 aliphatic heterocycles. The molecule has 1 aliphatic rings. The summed E-state index contributed by atoms with van der Waals surface area (Å²) in [5.74, 6) is -1.50. The number of fused-ring (bicyclic) bond motifs is 1. The van der Waals surface area contributed by atoms with Gasteiger partial charge < -0.3 is 14.8 Å². The minimum absolute atomic E-state index is 0.0272. The van der Waals surface area contributed by atoms with Crippen molar-refractivity contribution in [3.63, 3.8) is 0 Å². The first-order valence-corrected chi connectivity index (χ1v) is 16.3. The van der Waals surface area contributed by atoms with E-state index in [0.717, 1.165) is 30.0 Å². The third-order valence-corrected chi connectivity index (χ3v) is 9.46. The Labute approximate surface area is 274 Å². The molecule has 1 N–H and O–H groups in total.